The molecule has 1 aliphatic rings. The summed E-state index contributed by atoms with van der Waals surface area (Å²) in [6, 6.07) is 0. The fourth-order valence-electron chi connectivity index (χ4n) is 2.61. The second kappa shape index (κ2) is 5.45. The first kappa shape index (κ1) is 12.3. The van der Waals surface area contributed by atoms with Gasteiger partial charge in [0.05, 0.1) is 5.69 Å². The van der Waals surface area contributed by atoms with E-state index in [1.54, 1.807) is 6.33 Å². The van der Waals surface area contributed by atoms with E-state index in [9.17, 15) is 0 Å². The van der Waals surface area contributed by atoms with Gasteiger partial charge in [0.2, 0.25) is 0 Å². The third kappa shape index (κ3) is 2.94. The molecule has 4 nitrogen and oxygen atoms in total. The highest BCUT2D eigenvalue weighted by atomic mass is 15.1. The first-order valence-electron chi connectivity index (χ1n) is 6.51. The van der Waals surface area contributed by atoms with Crippen molar-refractivity contribution in [1.82, 2.24) is 14.9 Å². The molecule has 1 unspecified atom stereocenters. The summed E-state index contributed by atoms with van der Waals surface area (Å²) in [6.45, 7) is 7.75. The number of nitrogens with zero attached hydrogens (tertiary/aromatic N) is 3. The van der Waals surface area contributed by atoms with E-state index in [1.165, 1.54) is 12.8 Å². The number of hydrogen-bond donors (Lipinski definition) is 1. The molecule has 2 heterocycles. The minimum Gasteiger partial charge on any atom is -0.383 e. The van der Waals surface area contributed by atoms with E-state index in [4.69, 9.17) is 5.73 Å². The average molecular weight is 234 g/mol. The second-order valence-corrected chi connectivity index (χ2v) is 5.06. The molecule has 17 heavy (non-hydrogen) atoms. The van der Waals surface area contributed by atoms with Crippen LogP contribution >= 0.6 is 0 Å². The maximum absolute atomic E-state index is 5.87. The topological polar surface area (TPSA) is 55.0 Å². The lowest BCUT2D eigenvalue weighted by Crippen LogP contribution is -2.35. The summed E-state index contributed by atoms with van der Waals surface area (Å²) in [6.07, 6.45) is 5.13. The first-order valence-corrected chi connectivity index (χ1v) is 6.51. The Morgan fingerprint density at radius 1 is 1.47 bits per heavy atom. The molecule has 0 saturated heterocycles. The molecule has 4 heteroatoms. The summed E-state index contributed by atoms with van der Waals surface area (Å²) in [7, 11) is 0. The summed E-state index contributed by atoms with van der Waals surface area (Å²) < 4.78 is 0. The number of rotatable bonds is 4. The first-order chi connectivity index (χ1) is 8.20. The number of fused-ring (bicyclic) bond motifs is 1. The Morgan fingerprint density at radius 3 is 3.06 bits per heavy atom. The van der Waals surface area contributed by atoms with Crippen molar-refractivity contribution in [2.45, 2.75) is 39.7 Å². The molecule has 2 N–H and O–H groups in total. The predicted molar refractivity (Wildman–Crippen MR) is 69.5 cm³/mol. The molecule has 1 atom stereocenters. The maximum atomic E-state index is 5.87. The summed E-state index contributed by atoms with van der Waals surface area (Å²) >= 11 is 0. The molecule has 1 aromatic rings. The van der Waals surface area contributed by atoms with Gasteiger partial charge in [0.25, 0.3) is 0 Å². The zero-order valence-corrected chi connectivity index (χ0v) is 10.8. The van der Waals surface area contributed by atoms with Gasteiger partial charge in [0, 0.05) is 25.2 Å². The second-order valence-electron chi connectivity index (χ2n) is 5.06. The minimum absolute atomic E-state index is 0.663. The van der Waals surface area contributed by atoms with Gasteiger partial charge in [-0.15, -0.1) is 0 Å². The molecule has 0 amide bonds. The Balaban J connectivity index is 1.99. The van der Waals surface area contributed by atoms with Crippen molar-refractivity contribution in [3.63, 3.8) is 0 Å². The van der Waals surface area contributed by atoms with Crippen molar-refractivity contribution >= 4 is 5.82 Å². The quantitative estimate of drug-likeness (QED) is 0.864. The number of nitrogens with two attached hydrogens (primary N) is 1. The van der Waals surface area contributed by atoms with Gasteiger partial charge in [-0.2, -0.15) is 0 Å². The molecule has 94 valence electrons. The van der Waals surface area contributed by atoms with Crippen LogP contribution in [0.2, 0.25) is 0 Å². The fraction of sp³-hybridized carbons (Fsp3) is 0.692. The van der Waals surface area contributed by atoms with E-state index < -0.39 is 0 Å². The predicted octanol–water partition coefficient (Wildman–Crippen LogP) is 1.85. The molecule has 1 aromatic heterocycles. The lowest BCUT2D eigenvalue weighted by molar-refractivity contribution is 0.211. The highest BCUT2D eigenvalue weighted by Crippen LogP contribution is 2.21. The molecule has 0 saturated carbocycles. The summed E-state index contributed by atoms with van der Waals surface area (Å²) in [5.74, 6) is 1.43. The van der Waals surface area contributed by atoms with Crippen LogP contribution in [0, 0.1) is 5.92 Å². The highest BCUT2D eigenvalue weighted by molar-refractivity contribution is 5.42. The van der Waals surface area contributed by atoms with Crippen LogP contribution in [0.5, 0.6) is 0 Å². The molecule has 0 spiro atoms. The van der Waals surface area contributed by atoms with Crippen molar-refractivity contribution in [2.75, 3.05) is 18.8 Å². The maximum Gasteiger partial charge on any atom is 0.130 e. The Hall–Kier alpha value is -1.16. The number of hydrogen-bond acceptors (Lipinski definition) is 4. The van der Waals surface area contributed by atoms with Gasteiger partial charge in [-0.1, -0.05) is 20.3 Å². The van der Waals surface area contributed by atoms with E-state index in [-0.39, 0.29) is 0 Å². The van der Waals surface area contributed by atoms with Crippen LogP contribution in [0.4, 0.5) is 5.82 Å². The molecule has 1 aliphatic heterocycles. The van der Waals surface area contributed by atoms with Crippen LogP contribution in [-0.2, 0) is 13.0 Å². The standard InChI is InChI=1S/C13H22N4/c1-3-4-10(2)7-17-6-5-11-12(8-17)15-9-16-13(11)14/h9-10H,3-8H2,1-2H3,(H2,14,15,16). The van der Waals surface area contributed by atoms with Gasteiger partial charge in [0.15, 0.2) is 0 Å². The van der Waals surface area contributed by atoms with Crippen LogP contribution in [0.25, 0.3) is 0 Å². The molecular weight excluding hydrogens is 212 g/mol. The molecule has 2 rings (SSSR count). The summed E-state index contributed by atoms with van der Waals surface area (Å²) in [5, 5.41) is 0. The number of anilines is 1. The third-order valence-corrected chi connectivity index (χ3v) is 3.47. The Morgan fingerprint density at radius 2 is 2.29 bits per heavy atom. The van der Waals surface area contributed by atoms with Crippen molar-refractivity contribution in [1.29, 1.82) is 0 Å². The Labute approximate surface area is 103 Å². The molecule has 0 aromatic carbocycles. The van der Waals surface area contributed by atoms with Crippen LogP contribution < -0.4 is 5.73 Å². The molecular formula is C13H22N4. The third-order valence-electron chi connectivity index (χ3n) is 3.47. The van der Waals surface area contributed by atoms with Crippen LogP contribution in [0.1, 0.15) is 37.9 Å². The van der Waals surface area contributed by atoms with E-state index in [0.29, 0.717) is 5.82 Å². The highest BCUT2D eigenvalue weighted by Gasteiger charge is 2.20. The smallest absolute Gasteiger partial charge is 0.130 e. The normalized spacial score (nSPS) is 17.8. The van der Waals surface area contributed by atoms with E-state index in [0.717, 1.165) is 43.2 Å². The van der Waals surface area contributed by atoms with Crippen molar-refractivity contribution in [3.8, 4) is 0 Å². The van der Waals surface area contributed by atoms with Crippen molar-refractivity contribution in [3.05, 3.63) is 17.6 Å². The van der Waals surface area contributed by atoms with Gasteiger partial charge in [-0.25, -0.2) is 9.97 Å². The minimum atomic E-state index is 0.663. The average Bonchev–Trinajstić information content (AvgIpc) is 2.29. The lowest BCUT2D eigenvalue weighted by atomic mass is 10.0. The Bertz CT molecular complexity index is 378. The number of aromatic nitrogens is 2. The Kier molecular flexibility index (Phi) is 3.94. The number of nitrogen functional groups attached to an aromatic ring is 1. The fourth-order valence-corrected chi connectivity index (χ4v) is 2.61. The van der Waals surface area contributed by atoms with Crippen LogP contribution in [0.3, 0.4) is 0 Å². The largest absolute Gasteiger partial charge is 0.383 e. The van der Waals surface area contributed by atoms with Crippen LogP contribution in [0.15, 0.2) is 6.33 Å². The van der Waals surface area contributed by atoms with Gasteiger partial charge in [0.1, 0.15) is 12.1 Å². The van der Waals surface area contributed by atoms with Gasteiger partial charge in [-0.3, -0.25) is 4.90 Å². The van der Waals surface area contributed by atoms with E-state index in [1.807, 2.05) is 0 Å². The van der Waals surface area contributed by atoms with Crippen molar-refractivity contribution < 1.29 is 0 Å². The molecule has 0 aliphatic carbocycles. The molecule has 0 radical (unpaired) electrons. The zero-order valence-electron chi connectivity index (χ0n) is 10.8. The SMILES string of the molecule is CCCC(C)CN1CCc2c(N)ncnc2C1. The summed E-state index contributed by atoms with van der Waals surface area (Å²) in [4.78, 5) is 10.9. The zero-order chi connectivity index (χ0) is 12.3. The van der Waals surface area contributed by atoms with Crippen molar-refractivity contribution in [2.24, 2.45) is 5.92 Å². The van der Waals surface area contributed by atoms with E-state index >= 15 is 0 Å². The molecule has 0 bridgehead atoms. The molecule has 0 fully saturated rings. The van der Waals surface area contributed by atoms with Gasteiger partial charge >= 0.3 is 0 Å². The summed E-state index contributed by atoms with van der Waals surface area (Å²) in [5.41, 5.74) is 8.14. The van der Waals surface area contributed by atoms with Crippen LogP contribution in [-0.4, -0.2) is 28.0 Å². The monoisotopic (exact) mass is 234 g/mol. The lowest BCUT2D eigenvalue weighted by Gasteiger charge is -2.30. The van der Waals surface area contributed by atoms with E-state index in [2.05, 4.69) is 28.7 Å². The van der Waals surface area contributed by atoms with Gasteiger partial charge < -0.3 is 5.73 Å². The van der Waals surface area contributed by atoms with Gasteiger partial charge in [-0.05, 0) is 18.8 Å².